The molecule has 4 aromatic rings. The molecule has 0 N–H and O–H groups in total. The number of pyridine rings is 1. The summed E-state index contributed by atoms with van der Waals surface area (Å²) in [4.78, 5) is 17.0. The maximum atomic E-state index is 5.53. The lowest BCUT2D eigenvalue weighted by Crippen LogP contribution is -2.36. The number of rotatable bonds is 1. The molecule has 0 atom stereocenters. The van der Waals surface area contributed by atoms with E-state index in [0.717, 1.165) is 52.3 Å². The number of aromatic nitrogens is 3. The van der Waals surface area contributed by atoms with E-state index < -0.39 is 0 Å². The molecule has 0 saturated carbocycles. The number of ether oxygens (including phenoxy) is 1. The maximum absolute atomic E-state index is 5.53. The SMILES string of the molecule is c1ccc2c(N3CCOCC3)c3c(nc2c1)sc1cncnc13. The number of nitrogens with zero attached hydrogens (tertiary/aromatic N) is 4. The zero-order valence-electron chi connectivity index (χ0n) is 12.4. The van der Waals surface area contributed by atoms with Gasteiger partial charge in [-0.3, -0.25) is 0 Å². The van der Waals surface area contributed by atoms with Gasteiger partial charge in [0.1, 0.15) is 11.2 Å². The predicted molar refractivity (Wildman–Crippen MR) is 93.3 cm³/mol. The molecule has 0 radical (unpaired) electrons. The molecule has 1 saturated heterocycles. The van der Waals surface area contributed by atoms with E-state index in [4.69, 9.17) is 9.72 Å². The molecule has 1 aromatic carbocycles. The van der Waals surface area contributed by atoms with Crippen LogP contribution in [0.3, 0.4) is 0 Å². The summed E-state index contributed by atoms with van der Waals surface area (Å²) in [6.07, 6.45) is 3.50. The molecule has 1 aliphatic rings. The van der Waals surface area contributed by atoms with E-state index in [9.17, 15) is 0 Å². The largest absolute Gasteiger partial charge is 0.378 e. The molecule has 5 rings (SSSR count). The molecule has 0 aliphatic carbocycles. The molecular formula is C17H14N4OS. The van der Waals surface area contributed by atoms with Gasteiger partial charge in [0.25, 0.3) is 0 Å². The van der Waals surface area contributed by atoms with Gasteiger partial charge < -0.3 is 9.64 Å². The van der Waals surface area contributed by atoms with E-state index in [1.54, 1.807) is 17.7 Å². The second kappa shape index (κ2) is 5.11. The molecule has 0 spiro atoms. The first kappa shape index (κ1) is 13.2. The minimum Gasteiger partial charge on any atom is -0.378 e. The first-order chi connectivity index (χ1) is 11.4. The number of morpholine rings is 1. The minimum absolute atomic E-state index is 0.759. The Labute approximate surface area is 136 Å². The summed E-state index contributed by atoms with van der Waals surface area (Å²) in [5.41, 5.74) is 3.26. The number of hydrogen-bond donors (Lipinski definition) is 0. The average molecular weight is 322 g/mol. The molecule has 1 aliphatic heterocycles. The Morgan fingerprint density at radius 2 is 2.00 bits per heavy atom. The monoisotopic (exact) mass is 322 g/mol. The van der Waals surface area contributed by atoms with Crippen molar-refractivity contribution in [3.05, 3.63) is 36.8 Å². The van der Waals surface area contributed by atoms with Crippen LogP contribution in [0.15, 0.2) is 36.8 Å². The molecule has 0 amide bonds. The number of benzene rings is 1. The van der Waals surface area contributed by atoms with Crippen molar-refractivity contribution in [1.82, 2.24) is 15.0 Å². The van der Waals surface area contributed by atoms with Crippen LogP contribution in [0.5, 0.6) is 0 Å². The van der Waals surface area contributed by atoms with Crippen LogP contribution in [0.25, 0.3) is 31.3 Å². The Morgan fingerprint density at radius 1 is 1.13 bits per heavy atom. The first-order valence-corrected chi connectivity index (χ1v) is 8.47. The Kier molecular flexibility index (Phi) is 2.92. The van der Waals surface area contributed by atoms with Gasteiger partial charge in [-0.05, 0) is 6.07 Å². The Balaban J connectivity index is 1.95. The summed E-state index contributed by atoms with van der Waals surface area (Å²) >= 11 is 1.66. The summed E-state index contributed by atoms with van der Waals surface area (Å²) in [5, 5.41) is 2.33. The summed E-state index contributed by atoms with van der Waals surface area (Å²) in [6, 6.07) is 8.34. The second-order valence-electron chi connectivity index (χ2n) is 5.59. The second-order valence-corrected chi connectivity index (χ2v) is 6.63. The van der Waals surface area contributed by atoms with E-state index >= 15 is 0 Å². The standard InChI is InChI=1S/C17H14N4OS/c1-2-4-12-11(3-1)16(21-5-7-22-8-6-21)14-15-13(9-18-10-19-15)23-17(14)20-12/h1-4,9-10H,5-8H2. The molecule has 4 heterocycles. The number of thiophene rings is 1. The van der Waals surface area contributed by atoms with Crippen molar-refractivity contribution < 1.29 is 4.74 Å². The van der Waals surface area contributed by atoms with Gasteiger partial charge in [0.15, 0.2) is 0 Å². The fourth-order valence-electron chi connectivity index (χ4n) is 3.26. The Morgan fingerprint density at radius 3 is 2.91 bits per heavy atom. The van der Waals surface area contributed by atoms with Crippen molar-refractivity contribution in [2.45, 2.75) is 0 Å². The fraction of sp³-hybridized carbons (Fsp3) is 0.235. The molecule has 6 heteroatoms. The van der Waals surface area contributed by atoms with Crippen LogP contribution in [0.4, 0.5) is 5.69 Å². The molecular weight excluding hydrogens is 308 g/mol. The van der Waals surface area contributed by atoms with E-state index in [1.807, 2.05) is 12.3 Å². The predicted octanol–water partition coefficient (Wildman–Crippen LogP) is 3.23. The topological polar surface area (TPSA) is 51.1 Å². The molecule has 23 heavy (non-hydrogen) atoms. The quantitative estimate of drug-likeness (QED) is 0.538. The van der Waals surface area contributed by atoms with Crippen LogP contribution in [0.1, 0.15) is 0 Å². The number of fused-ring (bicyclic) bond motifs is 4. The number of para-hydroxylation sites is 1. The van der Waals surface area contributed by atoms with Gasteiger partial charge in [-0.1, -0.05) is 18.2 Å². The van der Waals surface area contributed by atoms with Crippen LogP contribution in [-0.4, -0.2) is 41.3 Å². The summed E-state index contributed by atoms with van der Waals surface area (Å²) < 4.78 is 6.62. The van der Waals surface area contributed by atoms with Crippen LogP contribution in [0, 0.1) is 0 Å². The van der Waals surface area contributed by atoms with Gasteiger partial charge in [-0.25, -0.2) is 15.0 Å². The van der Waals surface area contributed by atoms with E-state index in [0.29, 0.717) is 0 Å². The van der Waals surface area contributed by atoms with Crippen molar-refractivity contribution in [1.29, 1.82) is 0 Å². The number of anilines is 1. The molecule has 5 nitrogen and oxygen atoms in total. The Hall–Kier alpha value is -2.31. The maximum Gasteiger partial charge on any atom is 0.128 e. The molecule has 114 valence electrons. The lowest BCUT2D eigenvalue weighted by Gasteiger charge is -2.30. The highest BCUT2D eigenvalue weighted by atomic mass is 32.1. The third-order valence-corrected chi connectivity index (χ3v) is 5.29. The molecule has 0 bridgehead atoms. The van der Waals surface area contributed by atoms with Crippen molar-refractivity contribution in [3.63, 3.8) is 0 Å². The van der Waals surface area contributed by atoms with Crippen molar-refractivity contribution in [3.8, 4) is 0 Å². The molecule has 0 unspecified atom stereocenters. The van der Waals surface area contributed by atoms with Gasteiger partial charge in [-0.2, -0.15) is 0 Å². The van der Waals surface area contributed by atoms with Crippen molar-refractivity contribution in [2.24, 2.45) is 0 Å². The van der Waals surface area contributed by atoms with Crippen LogP contribution in [-0.2, 0) is 4.74 Å². The smallest absolute Gasteiger partial charge is 0.128 e. The third kappa shape index (κ3) is 1.99. The van der Waals surface area contributed by atoms with Crippen LogP contribution >= 0.6 is 11.3 Å². The molecule has 3 aromatic heterocycles. The zero-order valence-corrected chi connectivity index (χ0v) is 13.2. The lowest BCUT2D eigenvalue weighted by molar-refractivity contribution is 0.123. The van der Waals surface area contributed by atoms with Crippen LogP contribution in [0.2, 0.25) is 0 Å². The summed E-state index contributed by atoms with van der Waals surface area (Å²) in [7, 11) is 0. The summed E-state index contributed by atoms with van der Waals surface area (Å²) in [6.45, 7) is 3.31. The number of hydrogen-bond acceptors (Lipinski definition) is 6. The van der Waals surface area contributed by atoms with Gasteiger partial charge in [-0.15, -0.1) is 11.3 Å². The first-order valence-electron chi connectivity index (χ1n) is 7.65. The zero-order chi connectivity index (χ0) is 15.2. The van der Waals surface area contributed by atoms with Crippen molar-refractivity contribution >= 4 is 48.4 Å². The lowest BCUT2D eigenvalue weighted by atomic mass is 10.1. The highest BCUT2D eigenvalue weighted by Gasteiger charge is 2.21. The van der Waals surface area contributed by atoms with Gasteiger partial charge in [0.05, 0.1) is 40.0 Å². The van der Waals surface area contributed by atoms with Gasteiger partial charge >= 0.3 is 0 Å². The molecule has 1 fully saturated rings. The van der Waals surface area contributed by atoms with Crippen molar-refractivity contribution in [2.75, 3.05) is 31.2 Å². The Bertz CT molecular complexity index is 1020. The fourth-order valence-corrected chi connectivity index (χ4v) is 4.27. The highest BCUT2D eigenvalue weighted by Crippen LogP contribution is 2.41. The van der Waals surface area contributed by atoms with E-state index in [2.05, 4.69) is 33.1 Å². The normalized spacial score (nSPS) is 15.7. The van der Waals surface area contributed by atoms with Gasteiger partial charge in [0.2, 0.25) is 0 Å². The highest BCUT2D eigenvalue weighted by molar-refractivity contribution is 7.25. The van der Waals surface area contributed by atoms with E-state index in [-0.39, 0.29) is 0 Å². The average Bonchev–Trinajstić information content (AvgIpc) is 2.98. The minimum atomic E-state index is 0.759. The summed E-state index contributed by atoms with van der Waals surface area (Å²) in [5.74, 6) is 0. The van der Waals surface area contributed by atoms with Gasteiger partial charge in [0, 0.05) is 24.7 Å². The van der Waals surface area contributed by atoms with E-state index in [1.165, 1.54) is 11.1 Å². The van der Waals surface area contributed by atoms with Crippen LogP contribution < -0.4 is 4.90 Å². The third-order valence-electron chi connectivity index (χ3n) is 4.28.